The number of fused-ring (bicyclic) bond motifs is 18. The van der Waals surface area contributed by atoms with Crippen molar-refractivity contribution in [3.8, 4) is 33.4 Å². The van der Waals surface area contributed by atoms with Crippen LogP contribution in [0.15, 0.2) is 293 Å². The van der Waals surface area contributed by atoms with Crippen molar-refractivity contribution in [3.05, 3.63) is 313 Å². The van der Waals surface area contributed by atoms with Crippen LogP contribution in [-0.4, -0.2) is 9.97 Å². The third-order valence-electron chi connectivity index (χ3n) is 18.6. The van der Waals surface area contributed by atoms with E-state index in [1.54, 1.807) is 12.4 Å². The van der Waals surface area contributed by atoms with Crippen molar-refractivity contribution in [1.29, 1.82) is 0 Å². The lowest BCUT2D eigenvalue weighted by Gasteiger charge is -2.46. The lowest BCUT2D eigenvalue weighted by atomic mass is 9.55. The first kappa shape index (κ1) is 49.2. The van der Waals surface area contributed by atoms with Gasteiger partial charge >= 0.3 is 0 Å². The Labute approximate surface area is 501 Å². The van der Waals surface area contributed by atoms with Gasteiger partial charge in [0.25, 0.3) is 0 Å². The topological polar surface area (TPSA) is 71.7 Å². The fourth-order valence-corrected chi connectivity index (χ4v) is 14.9. The number of benzene rings is 11. The Balaban J connectivity index is 0.982. The van der Waals surface area contributed by atoms with Gasteiger partial charge in [-0.1, -0.05) is 196 Å². The average Bonchev–Trinajstić information content (AvgIpc) is 1.58. The van der Waals surface area contributed by atoms with E-state index in [0.717, 1.165) is 128 Å². The molecule has 7 nitrogen and oxygen atoms in total. The molecule has 5 heterocycles. The van der Waals surface area contributed by atoms with E-state index in [9.17, 15) is 0 Å². The number of nitrogens with zero attached hydrogens (tertiary/aromatic N) is 4. The van der Waals surface area contributed by atoms with Crippen LogP contribution in [0.2, 0.25) is 0 Å². The second-order valence-corrected chi connectivity index (χ2v) is 23.5. The van der Waals surface area contributed by atoms with E-state index in [4.69, 9.17) is 18.2 Å². The van der Waals surface area contributed by atoms with Crippen LogP contribution in [0, 0.1) is 0 Å². The van der Waals surface area contributed by atoms with Gasteiger partial charge in [-0.05, 0) is 140 Å². The van der Waals surface area contributed by atoms with Gasteiger partial charge in [0.05, 0.1) is 33.6 Å². The zero-order chi connectivity index (χ0) is 57.5. The standard InChI is InChI=1S/C80H52N4O3/c1-79(2)63-35-11-13-37-65(63)80(66-38-14-12-36-64(66)79)62-34-10-9-29-60(62)72-67(80)48-71-73(74(72)84(54-28-16-26-52(46-54)50-23-7-4-8-24-50)69-40-18-31-57-59-33-20-44-82-78(59)87-76(57)69)61-42-41-55(47-70(61)85-71)83(53-27-15-25-51(45-53)49-21-5-3-6-22-49)68-39-17-30-56-58-32-19-43-81-77(58)86-75(56)68/h3-48H,1-2H3. The third kappa shape index (κ3) is 7.05. The van der Waals surface area contributed by atoms with E-state index >= 15 is 0 Å². The first-order valence-corrected chi connectivity index (χ1v) is 29.7. The maximum absolute atomic E-state index is 7.69. The average molecular weight is 1120 g/mol. The minimum atomic E-state index is -0.755. The maximum Gasteiger partial charge on any atom is 0.227 e. The molecule has 0 amide bonds. The summed E-state index contributed by atoms with van der Waals surface area (Å²) in [6.07, 6.45) is 3.59. The highest BCUT2D eigenvalue weighted by Crippen LogP contribution is 2.66. The summed E-state index contributed by atoms with van der Waals surface area (Å²) >= 11 is 0. The van der Waals surface area contributed by atoms with E-state index in [2.05, 4.69) is 283 Å². The SMILES string of the molecule is CC1(C)c2ccccc2C2(c3ccccc3-c3c2cc2oc4cc(N(c5cccc(-c6ccccc6)c5)c5cccc6c5oc5ncccc56)ccc4c2c3N(c2cccc(-c3ccccc3)c2)c2cccc3c2oc2ncccc23)c2ccccc21. The summed E-state index contributed by atoms with van der Waals surface area (Å²) in [5, 5.41) is 5.81. The van der Waals surface area contributed by atoms with Crippen LogP contribution in [0.1, 0.15) is 47.2 Å². The monoisotopic (exact) mass is 1120 g/mol. The molecule has 2 aliphatic carbocycles. The van der Waals surface area contributed by atoms with E-state index in [1.165, 1.54) is 27.8 Å². The van der Waals surface area contributed by atoms with Crippen molar-refractivity contribution < 1.29 is 13.3 Å². The largest absolute Gasteiger partial charge is 0.456 e. The Morgan fingerprint density at radius 3 is 1.41 bits per heavy atom. The number of pyridine rings is 2. The summed E-state index contributed by atoms with van der Waals surface area (Å²) in [7, 11) is 0. The molecule has 5 aromatic heterocycles. The molecule has 18 rings (SSSR count). The van der Waals surface area contributed by atoms with Crippen molar-refractivity contribution in [1.82, 2.24) is 9.97 Å². The van der Waals surface area contributed by atoms with Gasteiger partial charge in [0.1, 0.15) is 11.2 Å². The normalized spacial score (nSPS) is 13.6. The van der Waals surface area contributed by atoms with Crippen LogP contribution in [0.25, 0.3) is 99.5 Å². The summed E-state index contributed by atoms with van der Waals surface area (Å²) < 4.78 is 21.5. The first-order chi connectivity index (χ1) is 42.9. The van der Waals surface area contributed by atoms with Gasteiger partial charge in [-0.2, -0.15) is 0 Å². The number of hydrogen-bond donors (Lipinski definition) is 0. The molecular formula is C80H52N4O3. The zero-order valence-corrected chi connectivity index (χ0v) is 47.6. The molecule has 11 aromatic carbocycles. The minimum Gasteiger partial charge on any atom is -0.456 e. The Hall–Kier alpha value is -11.3. The van der Waals surface area contributed by atoms with Gasteiger partial charge in [0.15, 0.2) is 11.2 Å². The zero-order valence-electron chi connectivity index (χ0n) is 47.6. The van der Waals surface area contributed by atoms with E-state index in [-0.39, 0.29) is 5.41 Å². The van der Waals surface area contributed by atoms with Gasteiger partial charge in [-0.15, -0.1) is 0 Å². The number of rotatable bonds is 8. The highest BCUT2D eigenvalue weighted by Gasteiger charge is 2.55. The van der Waals surface area contributed by atoms with Gasteiger partial charge in [-0.25, -0.2) is 9.97 Å². The molecule has 410 valence electrons. The van der Waals surface area contributed by atoms with Gasteiger partial charge in [0.2, 0.25) is 11.4 Å². The molecule has 0 saturated heterocycles. The van der Waals surface area contributed by atoms with Crippen LogP contribution in [0.5, 0.6) is 0 Å². The predicted molar refractivity (Wildman–Crippen MR) is 354 cm³/mol. The summed E-state index contributed by atoms with van der Waals surface area (Å²) in [5.41, 5.74) is 22.8. The van der Waals surface area contributed by atoms with Gasteiger partial charge in [-0.3, -0.25) is 0 Å². The van der Waals surface area contributed by atoms with Crippen LogP contribution in [-0.2, 0) is 10.8 Å². The molecule has 16 aromatic rings. The fraction of sp³-hybridized carbons (Fsp3) is 0.0500. The molecule has 0 aliphatic heterocycles. The molecule has 0 fully saturated rings. The Morgan fingerprint density at radius 2 is 0.816 bits per heavy atom. The van der Waals surface area contributed by atoms with Crippen molar-refractivity contribution in [2.24, 2.45) is 0 Å². The molecule has 7 heteroatoms. The van der Waals surface area contributed by atoms with E-state index < -0.39 is 5.41 Å². The quantitative estimate of drug-likeness (QED) is 0.150. The number of para-hydroxylation sites is 2. The minimum absolute atomic E-state index is 0.302. The van der Waals surface area contributed by atoms with Crippen molar-refractivity contribution >= 4 is 100 Å². The highest BCUT2D eigenvalue weighted by molar-refractivity contribution is 6.22. The van der Waals surface area contributed by atoms with Crippen LogP contribution in [0.3, 0.4) is 0 Å². The number of hydrogen-bond acceptors (Lipinski definition) is 7. The smallest absolute Gasteiger partial charge is 0.227 e. The molecule has 2 aliphatic rings. The Morgan fingerprint density at radius 1 is 0.333 bits per heavy atom. The lowest BCUT2D eigenvalue weighted by Crippen LogP contribution is -2.40. The second kappa shape index (κ2) is 18.6. The Kier molecular flexibility index (Phi) is 10.5. The summed E-state index contributed by atoms with van der Waals surface area (Å²) in [5.74, 6) is 0. The molecule has 87 heavy (non-hydrogen) atoms. The molecule has 0 bridgehead atoms. The molecule has 0 saturated carbocycles. The molecule has 0 unspecified atom stereocenters. The van der Waals surface area contributed by atoms with E-state index in [1.807, 2.05) is 12.1 Å². The van der Waals surface area contributed by atoms with Gasteiger partial charge < -0.3 is 23.1 Å². The van der Waals surface area contributed by atoms with Crippen molar-refractivity contribution in [3.63, 3.8) is 0 Å². The first-order valence-electron chi connectivity index (χ1n) is 29.7. The van der Waals surface area contributed by atoms with Crippen LogP contribution in [0.4, 0.5) is 34.1 Å². The molecule has 0 radical (unpaired) electrons. The van der Waals surface area contributed by atoms with Gasteiger partial charge in [0, 0.05) is 67.7 Å². The predicted octanol–water partition coefficient (Wildman–Crippen LogP) is 21.5. The molecule has 0 N–H and O–H groups in total. The van der Waals surface area contributed by atoms with Crippen LogP contribution >= 0.6 is 0 Å². The summed E-state index contributed by atoms with van der Waals surface area (Å²) in [6, 6.07) is 96.3. The fourth-order valence-electron chi connectivity index (χ4n) is 14.9. The number of anilines is 6. The summed E-state index contributed by atoms with van der Waals surface area (Å²) in [4.78, 5) is 14.2. The number of aromatic nitrogens is 2. The van der Waals surface area contributed by atoms with E-state index in [0.29, 0.717) is 11.4 Å². The highest BCUT2D eigenvalue weighted by atomic mass is 16.3. The maximum atomic E-state index is 7.69. The van der Waals surface area contributed by atoms with Crippen LogP contribution < -0.4 is 9.80 Å². The molecule has 0 atom stereocenters. The number of furan rings is 3. The lowest BCUT2D eigenvalue weighted by molar-refractivity contribution is 0.563. The van der Waals surface area contributed by atoms with Crippen molar-refractivity contribution in [2.75, 3.05) is 9.80 Å². The summed E-state index contributed by atoms with van der Waals surface area (Å²) in [6.45, 7) is 4.75. The molecular weight excluding hydrogens is 1060 g/mol. The third-order valence-corrected chi connectivity index (χ3v) is 18.6. The van der Waals surface area contributed by atoms with Crippen molar-refractivity contribution in [2.45, 2.75) is 24.7 Å². The second-order valence-electron chi connectivity index (χ2n) is 23.5. The molecule has 1 spiro atoms. The Bertz CT molecular complexity index is 5430.